The molecule has 0 unspecified atom stereocenters. The lowest BCUT2D eigenvalue weighted by molar-refractivity contribution is -0.113. The zero-order valence-electron chi connectivity index (χ0n) is 13.8. The van der Waals surface area contributed by atoms with E-state index in [9.17, 15) is 4.79 Å². The van der Waals surface area contributed by atoms with Gasteiger partial charge in [-0.05, 0) is 31.2 Å². The van der Waals surface area contributed by atoms with E-state index >= 15 is 0 Å². The van der Waals surface area contributed by atoms with Crippen molar-refractivity contribution in [2.24, 2.45) is 5.10 Å². The number of hydrogen-bond donors (Lipinski definition) is 3. The van der Waals surface area contributed by atoms with Gasteiger partial charge in [-0.2, -0.15) is 5.10 Å². The van der Waals surface area contributed by atoms with Crippen LogP contribution in [0.5, 0.6) is 0 Å². The van der Waals surface area contributed by atoms with Gasteiger partial charge < -0.3 is 15.6 Å². The molecule has 3 heterocycles. The van der Waals surface area contributed by atoms with E-state index < -0.39 is 0 Å². The first-order valence-electron chi connectivity index (χ1n) is 7.51. The highest BCUT2D eigenvalue weighted by Crippen LogP contribution is 2.17. The van der Waals surface area contributed by atoms with E-state index in [2.05, 4.69) is 31.0 Å². The first kappa shape index (κ1) is 17.5. The summed E-state index contributed by atoms with van der Waals surface area (Å²) in [6.45, 7) is 1.84. The molecule has 0 spiro atoms. The van der Waals surface area contributed by atoms with Crippen molar-refractivity contribution >= 4 is 35.6 Å². The van der Waals surface area contributed by atoms with Gasteiger partial charge in [-0.15, -0.1) is 10.2 Å². The van der Waals surface area contributed by atoms with Gasteiger partial charge in [0.2, 0.25) is 11.1 Å². The molecule has 3 rings (SSSR count). The Morgan fingerprint density at radius 2 is 2.27 bits per heavy atom. The molecule has 26 heavy (non-hydrogen) atoms. The molecule has 0 aliphatic rings. The Morgan fingerprint density at radius 1 is 1.38 bits per heavy atom. The number of hydrogen-bond acceptors (Lipinski definition) is 9. The number of nitrogens with two attached hydrogens (primary N) is 1. The van der Waals surface area contributed by atoms with Crippen LogP contribution >= 0.6 is 11.8 Å². The Kier molecular flexibility index (Phi) is 5.49. The van der Waals surface area contributed by atoms with Crippen molar-refractivity contribution in [3.8, 4) is 0 Å². The number of thioether (sulfide) groups is 1. The summed E-state index contributed by atoms with van der Waals surface area (Å²) in [7, 11) is 0. The average molecular weight is 372 g/mol. The van der Waals surface area contributed by atoms with Crippen molar-refractivity contribution in [2.45, 2.75) is 12.1 Å². The molecule has 0 aliphatic carbocycles. The Balaban J connectivity index is 1.52. The van der Waals surface area contributed by atoms with Crippen molar-refractivity contribution in [1.29, 1.82) is 0 Å². The van der Waals surface area contributed by atoms with Crippen molar-refractivity contribution < 1.29 is 9.21 Å². The van der Waals surface area contributed by atoms with E-state index in [1.54, 1.807) is 30.5 Å². The third-order valence-corrected chi connectivity index (χ3v) is 3.99. The molecule has 3 aromatic rings. The number of nitrogens with zero attached hydrogens (tertiary/aromatic N) is 5. The third-order valence-electron chi connectivity index (χ3n) is 3.05. The highest BCUT2D eigenvalue weighted by molar-refractivity contribution is 7.99. The van der Waals surface area contributed by atoms with Crippen LogP contribution in [-0.2, 0) is 4.79 Å². The summed E-state index contributed by atoms with van der Waals surface area (Å²) in [5, 5.41) is 14.8. The quantitative estimate of drug-likeness (QED) is 0.245. The monoisotopic (exact) mass is 372 g/mol. The maximum Gasteiger partial charge on any atom is 0.264 e. The molecule has 0 saturated carbocycles. The standard InChI is InChI=1S/C15H16N8O2S/c1-10-5-6-11(25-10)8-18-20-14-21-22-15(23(14)16)26-9-13(24)19-12-4-2-3-7-17-12/h2-8H,9,16H2,1H3,(H,20,21)(H,17,19,24)/b18-8+. The predicted octanol–water partition coefficient (Wildman–Crippen LogP) is 1.47. The number of carbonyl (C=O) groups excluding carboxylic acids is 1. The van der Waals surface area contributed by atoms with Crippen molar-refractivity contribution in [3.05, 3.63) is 48.0 Å². The highest BCUT2D eigenvalue weighted by atomic mass is 32.2. The molecule has 4 N–H and O–H groups in total. The average Bonchev–Trinajstić information content (AvgIpc) is 3.20. The van der Waals surface area contributed by atoms with Gasteiger partial charge in [-0.25, -0.2) is 15.1 Å². The number of aryl methyl sites for hydroxylation is 1. The number of amides is 1. The van der Waals surface area contributed by atoms with Crippen LogP contribution in [0.3, 0.4) is 0 Å². The third kappa shape index (κ3) is 4.60. The number of hydrazone groups is 1. The number of nitrogen functional groups attached to an aromatic ring is 1. The summed E-state index contributed by atoms with van der Waals surface area (Å²) >= 11 is 1.14. The molecule has 0 radical (unpaired) electrons. The van der Waals surface area contributed by atoms with E-state index in [1.807, 2.05) is 13.0 Å². The van der Waals surface area contributed by atoms with E-state index in [4.69, 9.17) is 10.3 Å². The maximum atomic E-state index is 11.9. The second-order valence-corrected chi connectivity index (χ2v) is 5.99. The molecule has 1 amide bonds. The van der Waals surface area contributed by atoms with Crippen molar-refractivity contribution in [1.82, 2.24) is 19.9 Å². The van der Waals surface area contributed by atoms with Gasteiger partial charge in [0.1, 0.15) is 17.3 Å². The van der Waals surface area contributed by atoms with Crippen molar-refractivity contribution in [2.75, 3.05) is 22.3 Å². The number of rotatable bonds is 7. The van der Waals surface area contributed by atoms with Crippen LogP contribution in [0.15, 0.2) is 51.2 Å². The predicted molar refractivity (Wildman–Crippen MR) is 98.4 cm³/mol. The summed E-state index contributed by atoms with van der Waals surface area (Å²) < 4.78 is 6.57. The number of aromatic nitrogens is 4. The fourth-order valence-electron chi connectivity index (χ4n) is 1.87. The summed E-state index contributed by atoms with van der Waals surface area (Å²) in [5.41, 5.74) is 2.67. The lowest BCUT2D eigenvalue weighted by Gasteiger charge is -2.04. The lowest BCUT2D eigenvalue weighted by Crippen LogP contribution is -2.17. The molecule has 0 aliphatic heterocycles. The van der Waals surface area contributed by atoms with Crippen LogP contribution < -0.4 is 16.6 Å². The second kappa shape index (κ2) is 8.16. The Morgan fingerprint density at radius 3 is 3.00 bits per heavy atom. The van der Waals surface area contributed by atoms with Gasteiger partial charge in [0, 0.05) is 6.20 Å². The summed E-state index contributed by atoms with van der Waals surface area (Å²) in [6, 6.07) is 8.88. The van der Waals surface area contributed by atoms with Gasteiger partial charge in [-0.1, -0.05) is 17.8 Å². The van der Waals surface area contributed by atoms with Crippen LogP contribution in [0.2, 0.25) is 0 Å². The molecule has 10 nitrogen and oxygen atoms in total. The molecule has 134 valence electrons. The lowest BCUT2D eigenvalue weighted by atomic mass is 10.4. The topological polar surface area (TPSA) is 136 Å². The van der Waals surface area contributed by atoms with Crippen LogP contribution in [0.4, 0.5) is 11.8 Å². The number of anilines is 2. The molecule has 0 aromatic carbocycles. The molecule has 0 atom stereocenters. The zero-order chi connectivity index (χ0) is 18.4. The fourth-order valence-corrected chi connectivity index (χ4v) is 2.53. The largest absolute Gasteiger partial charge is 0.460 e. The van der Waals surface area contributed by atoms with Crippen LogP contribution in [-0.4, -0.2) is 37.7 Å². The second-order valence-electron chi connectivity index (χ2n) is 5.05. The zero-order valence-corrected chi connectivity index (χ0v) is 14.6. The van der Waals surface area contributed by atoms with Crippen LogP contribution in [0.25, 0.3) is 0 Å². The van der Waals surface area contributed by atoms with Crippen molar-refractivity contribution in [3.63, 3.8) is 0 Å². The molecular weight excluding hydrogens is 356 g/mol. The van der Waals surface area contributed by atoms with Gasteiger partial charge in [0.05, 0.1) is 12.0 Å². The first-order valence-corrected chi connectivity index (χ1v) is 8.50. The number of furan rings is 1. The number of pyridine rings is 1. The number of carbonyl (C=O) groups is 1. The Labute approximate surface area is 152 Å². The Bertz CT molecular complexity index is 906. The minimum Gasteiger partial charge on any atom is -0.460 e. The van der Waals surface area contributed by atoms with E-state index in [0.717, 1.165) is 17.5 Å². The van der Waals surface area contributed by atoms with Crippen LogP contribution in [0.1, 0.15) is 11.5 Å². The smallest absolute Gasteiger partial charge is 0.264 e. The molecule has 11 heteroatoms. The molecule has 0 saturated heterocycles. The maximum absolute atomic E-state index is 11.9. The summed E-state index contributed by atoms with van der Waals surface area (Å²) in [5.74, 6) is 7.88. The van der Waals surface area contributed by atoms with Crippen LogP contribution in [0, 0.1) is 6.92 Å². The van der Waals surface area contributed by atoms with E-state index in [0.29, 0.717) is 16.7 Å². The van der Waals surface area contributed by atoms with Gasteiger partial charge in [-0.3, -0.25) is 4.79 Å². The normalized spacial score (nSPS) is 11.0. The minimum atomic E-state index is -0.225. The minimum absolute atomic E-state index is 0.112. The molecule has 0 bridgehead atoms. The van der Waals surface area contributed by atoms with E-state index in [1.165, 1.54) is 10.9 Å². The molecular formula is C15H16N8O2S. The highest BCUT2D eigenvalue weighted by Gasteiger charge is 2.12. The summed E-state index contributed by atoms with van der Waals surface area (Å²) in [6.07, 6.45) is 3.09. The molecule has 3 aromatic heterocycles. The van der Waals surface area contributed by atoms with Gasteiger partial charge >= 0.3 is 0 Å². The summed E-state index contributed by atoms with van der Waals surface area (Å²) in [4.78, 5) is 15.9. The number of nitrogens with one attached hydrogen (secondary N) is 2. The SMILES string of the molecule is Cc1ccc(/C=N/Nc2nnc(SCC(=O)Nc3ccccn3)n2N)o1. The van der Waals surface area contributed by atoms with Gasteiger partial charge in [0.15, 0.2) is 0 Å². The first-order chi connectivity index (χ1) is 12.6. The van der Waals surface area contributed by atoms with E-state index in [-0.39, 0.29) is 17.6 Å². The fraction of sp³-hybridized carbons (Fsp3) is 0.133. The van der Waals surface area contributed by atoms with Gasteiger partial charge in [0.25, 0.3) is 5.95 Å². The molecule has 0 fully saturated rings. The Hall–Kier alpha value is -3.34.